The second-order valence-electron chi connectivity index (χ2n) is 5.77. The molecule has 2 heterocycles. The monoisotopic (exact) mass is 407 g/mol. The van der Waals surface area contributed by atoms with Gasteiger partial charge < -0.3 is 20.0 Å². The Balaban J connectivity index is 0.00000264. The molecule has 0 saturated carbocycles. The molecule has 2 unspecified atom stereocenters. The lowest BCUT2D eigenvalue weighted by atomic mass is 9.97. The maximum absolute atomic E-state index is 12.5. The van der Waals surface area contributed by atoms with Gasteiger partial charge >= 0.3 is 0 Å². The van der Waals surface area contributed by atoms with E-state index in [1.165, 1.54) is 4.90 Å². The number of hydrogen-bond acceptors (Lipinski definition) is 4. The molecule has 0 radical (unpaired) electrons. The van der Waals surface area contributed by atoms with Crippen molar-refractivity contribution in [3.05, 3.63) is 22.6 Å². The lowest BCUT2D eigenvalue weighted by molar-refractivity contribution is -0.135. The van der Waals surface area contributed by atoms with E-state index in [1.807, 2.05) is 11.8 Å². The first-order chi connectivity index (χ1) is 10.4. The van der Waals surface area contributed by atoms with E-state index in [0.717, 1.165) is 19.3 Å². The van der Waals surface area contributed by atoms with Gasteiger partial charge in [0.05, 0.1) is 6.54 Å². The minimum atomic E-state index is -0.312. The molecular weight excluding hydrogens is 386 g/mol. The van der Waals surface area contributed by atoms with Crippen molar-refractivity contribution in [1.82, 2.24) is 9.80 Å². The number of piperidine rings is 1. The molecule has 1 aromatic heterocycles. The van der Waals surface area contributed by atoms with Crippen LogP contribution in [0.15, 0.2) is 21.2 Å². The molecule has 1 saturated heterocycles. The third-order valence-electron chi connectivity index (χ3n) is 3.98. The molecule has 1 aromatic rings. The Morgan fingerprint density at radius 3 is 2.74 bits per heavy atom. The number of furan rings is 1. The van der Waals surface area contributed by atoms with Crippen molar-refractivity contribution in [3.63, 3.8) is 0 Å². The van der Waals surface area contributed by atoms with Gasteiger partial charge in [0, 0.05) is 25.7 Å². The Bertz CT molecular complexity index is 550. The molecule has 130 valence electrons. The summed E-state index contributed by atoms with van der Waals surface area (Å²) in [6, 6.07) is 3.23. The Kier molecular flexibility index (Phi) is 7.57. The van der Waals surface area contributed by atoms with Crippen LogP contribution in [0.25, 0.3) is 0 Å². The molecule has 0 spiro atoms. The number of nitrogens with zero attached hydrogens (tertiary/aromatic N) is 2. The zero-order chi connectivity index (χ0) is 16.3. The Labute approximate surface area is 150 Å². The van der Waals surface area contributed by atoms with Gasteiger partial charge in [0.15, 0.2) is 10.4 Å². The number of rotatable bonds is 4. The first-order valence-corrected chi connectivity index (χ1v) is 8.25. The number of halogens is 2. The molecule has 0 aromatic carbocycles. The number of hydrogen-bond donors (Lipinski definition) is 1. The molecule has 1 aliphatic heterocycles. The summed E-state index contributed by atoms with van der Waals surface area (Å²) in [5.74, 6) is -0.165. The lowest BCUT2D eigenvalue weighted by Crippen LogP contribution is -2.54. The number of likely N-dealkylation sites (N-methyl/N-ethyl adjacent to an activating group) is 1. The summed E-state index contributed by atoms with van der Waals surface area (Å²) < 4.78 is 5.72. The summed E-state index contributed by atoms with van der Waals surface area (Å²) in [6.45, 7) is 2.66. The Morgan fingerprint density at radius 2 is 2.17 bits per heavy atom. The van der Waals surface area contributed by atoms with Crippen molar-refractivity contribution >= 4 is 40.2 Å². The smallest absolute Gasteiger partial charge is 0.289 e. The number of carbonyl (C=O) groups is 2. The highest BCUT2D eigenvalue weighted by Gasteiger charge is 2.30. The quantitative estimate of drug-likeness (QED) is 0.829. The van der Waals surface area contributed by atoms with Gasteiger partial charge in [0.1, 0.15) is 0 Å². The predicted molar refractivity (Wildman–Crippen MR) is 93.6 cm³/mol. The van der Waals surface area contributed by atoms with Gasteiger partial charge in [-0.2, -0.15) is 0 Å². The maximum Gasteiger partial charge on any atom is 0.289 e. The van der Waals surface area contributed by atoms with Crippen molar-refractivity contribution in [2.24, 2.45) is 5.73 Å². The fourth-order valence-electron chi connectivity index (χ4n) is 2.80. The lowest BCUT2D eigenvalue weighted by Gasteiger charge is -2.38. The average Bonchev–Trinajstić information content (AvgIpc) is 2.92. The normalized spacial score (nSPS) is 19.0. The Morgan fingerprint density at radius 1 is 1.48 bits per heavy atom. The summed E-state index contributed by atoms with van der Waals surface area (Å²) >= 11 is 3.16. The van der Waals surface area contributed by atoms with Gasteiger partial charge in [-0.05, 0) is 54.2 Å². The second kappa shape index (κ2) is 8.70. The third kappa shape index (κ3) is 4.96. The molecule has 8 heteroatoms. The first kappa shape index (κ1) is 20.0. The highest BCUT2D eigenvalue weighted by molar-refractivity contribution is 9.10. The summed E-state index contributed by atoms with van der Waals surface area (Å²) in [5.41, 5.74) is 5.99. The number of amides is 2. The topological polar surface area (TPSA) is 79.8 Å². The SMILES string of the molecule is CC(N)C1CCCCN1C(=O)CN(C)C(=O)c1ccc(Br)o1.Cl. The van der Waals surface area contributed by atoms with E-state index in [2.05, 4.69) is 15.9 Å². The molecule has 1 aliphatic rings. The number of nitrogens with two attached hydrogens (primary N) is 1. The van der Waals surface area contributed by atoms with Crippen LogP contribution in [-0.4, -0.2) is 53.8 Å². The van der Waals surface area contributed by atoms with Crippen LogP contribution in [0.4, 0.5) is 0 Å². The molecule has 1 fully saturated rings. The molecular formula is C15H23BrClN3O3. The van der Waals surface area contributed by atoms with Crippen molar-refractivity contribution in [2.75, 3.05) is 20.1 Å². The minimum absolute atomic E-state index is 0. The van der Waals surface area contributed by atoms with E-state index in [1.54, 1.807) is 19.2 Å². The van der Waals surface area contributed by atoms with Crippen LogP contribution >= 0.6 is 28.3 Å². The van der Waals surface area contributed by atoms with E-state index in [-0.39, 0.29) is 48.6 Å². The summed E-state index contributed by atoms with van der Waals surface area (Å²) in [6.07, 6.45) is 3.00. The standard InChI is InChI=1S/C15H22BrN3O3.ClH/c1-10(17)11-5-3-4-8-19(11)14(20)9-18(2)15(21)12-6-7-13(16)22-12;/h6-7,10-11H,3-5,8-9,17H2,1-2H3;1H. The highest BCUT2D eigenvalue weighted by Crippen LogP contribution is 2.20. The second-order valence-corrected chi connectivity index (χ2v) is 6.56. The van der Waals surface area contributed by atoms with Crippen LogP contribution in [0.5, 0.6) is 0 Å². The van der Waals surface area contributed by atoms with Crippen LogP contribution in [0.2, 0.25) is 0 Å². The molecule has 23 heavy (non-hydrogen) atoms. The van der Waals surface area contributed by atoms with E-state index < -0.39 is 0 Å². The van der Waals surface area contributed by atoms with E-state index >= 15 is 0 Å². The summed E-state index contributed by atoms with van der Waals surface area (Å²) in [4.78, 5) is 27.9. The molecule has 2 rings (SSSR count). The van der Waals surface area contributed by atoms with Crippen LogP contribution in [-0.2, 0) is 4.79 Å². The van der Waals surface area contributed by atoms with Gasteiger partial charge in [-0.15, -0.1) is 12.4 Å². The Hall–Kier alpha value is -1.05. The van der Waals surface area contributed by atoms with Gasteiger partial charge in [-0.25, -0.2) is 0 Å². The van der Waals surface area contributed by atoms with E-state index in [0.29, 0.717) is 11.2 Å². The van der Waals surface area contributed by atoms with Crippen molar-refractivity contribution in [1.29, 1.82) is 0 Å². The van der Waals surface area contributed by atoms with E-state index in [4.69, 9.17) is 10.2 Å². The van der Waals surface area contributed by atoms with Crippen LogP contribution in [0, 0.1) is 0 Å². The molecule has 2 atom stereocenters. The average molecular weight is 409 g/mol. The maximum atomic E-state index is 12.5. The minimum Gasteiger partial charge on any atom is -0.444 e. The largest absolute Gasteiger partial charge is 0.444 e. The summed E-state index contributed by atoms with van der Waals surface area (Å²) in [7, 11) is 1.60. The van der Waals surface area contributed by atoms with Gasteiger partial charge in [0.25, 0.3) is 5.91 Å². The molecule has 2 N–H and O–H groups in total. The fourth-order valence-corrected chi connectivity index (χ4v) is 3.10. The van der Waals surface area contributed by atoms with Gasteiger partial charge in [0.2, 0.25) is 5.91 Å². The molecule has 6 nitrogen and oxygen atoms in total. The van der Waals surface area contributed by atoms with Gasteiger partial charge in [-0.1, -0.05) is 0 Å². The third-order valence-corrected chi connectivity index (χ3v) is 4.41. The van der Waals surface area contributed by atoms with Gasteiger partial charge in [-0.3, -0.25) is 9.59 Å². The fraction of sp³-hybridized carbons (Fsp3) is 0.600. The van der Waals surface area contributed by atoms with E-state index in [9.17, 15) is 9.59 Å². The molecule has 0 bridgehead atoms. The van der Waals surface area contributed by atoms with Crippen molar-refractivity contribution in [2.45, 2.75) is 38.3 Å². The zero-order valence-electron chi connectivity index (χ0n) is 13.3. The number of likely N-dealkylation sites (tertiary alicyclic amines) is 1. The van der Waals surface area contributed by atoms with Crippen LogP contribution < -0.4 is 5.73 Å². The molecule has 0 aliphatic carbocycles. The van der Waals surface area contributed by atoms with Crippen LogP contribution in [0.1, 0.15) is 36.7 Å². The van der Waals surface area contributed by atoms with Crippen LogP contribution in [0.3, 0.4) is 0 Å². The van der Waals surface area contributed by atoms with Crippen molar-refractivity contribution < 1.29 is 14.0 Å². The molecule has 2 amide bonds. The predicted octanol–water partition coefficient (Wildman–Crippen LogP) is 2.26. The number of carbonyl (C=O) groups excluding carboxylic acids is 2. The zero-order valence-corrected chi connectivity index (χ0v) is 15.7. The first-order valence-electron chi connectivity index (χ1n) is 7.46. The summed E-state index contributed by atoms with van der Waals surface area (Å²) in [5, 5.41) is 0. The highest BCUT2D eigenvalue weighted by atomic mass is 79.9. The van der Waals surface area contributed by atoms with Crippen molar-refractivity contribution in [3.8, 4) is 0 Å².